The van der Waals surface area contributed by atoms with Crippen molar-refractivity contribution in [2.75, 3.05) is 52.4 Å². The number of fused-ring (bicyclic) bond motifs is 3. The highest BCUT2D eigenvalue weighted by molar-refractivity contribution is 7.15. The van der Waals surface area contributed by atoms with Gasteiger partial charge in [-0.3, -0.25) is 14.5 Å². The fourth-order valence-electron chi connectivity index (χ4n) is 9.34. The molecule has 0 aliphatic carbocycles. The summed E-state index contributed by atoms with van der Waals surface area (Å²) in [5.74, 6) is -0.0489. The molecule has 20 heteroatoms. The van der Waals surface area contributed by atoms with Crippen molar-refractivity contribution in [1.29, 1.82) is 0 Å². The van der Waals surface area contributed by atoms with Crippen molar-refractivity contribution in [3.05, 3.63) is 121 Å². The smallest absolute Gasteiger partial charge is 0.490 e. The lowest BCUT2D eigenvalue weighted by molar-refractivity contribution is -0.192. The van der Waals surface area contributed by atoms with Crippen LogP contribution in [0.4, 0.5) is 13.2 Å². The van der Waals surface area contributed by atoms with Crippen molar-refractivity contribution in [1.82, 2.24) is 44.2 Å². The maximum Gasteiger partial charge on any atom is 0.490 e. The summed E-state index contributed by atoms with van der Waals surface area (Å²) in [4.78, 5) is 36.4. The summed E-state index contributed by atoms with van der Waals surface area (Å²) in [6, 6.07) is 18.9. The zero-order chi connectivity index (χ0) is 49.3. The standard InChI is InChI=1S/C47H55ClN10O3S.C2HF3O2/c1-28(2)37-24-38(41(60)25-40(37)59)44-51-53-47(61)58(44)36-12-6-32(7-13-36)26-55-20-22-56(23-21-55)27-33-14-17-54(18-15-33)19-16-39-45-52-50-31(5)57(45)46-42(29(3)30(4)62-46)43(49-39)34-8-10-35(48)11-9-34;3-2(4,5)1(6)7/h6-13,24-25,28,33,39,59-60H,14-23,26-27H2,1-5H3,(H,53,61);(H,6,7)/t39-;/m0./s1. The molecule has 3 aliphatic heterocycles. The number of hydrogen-bond acceptors (Lipinski definition) is 12. The number of likely N-dealkylation sites (tertiary alicyclic amines) is 1. The predicted molar refractivity (Wildman–Crippen MR) is 260 cm³/mol. The van der Waals surface area contributed by atoms with E-state index in [0.717, 1.165) is 98.3 Å². The van der Waals surface area contributed by atoms with Gasteiger partial charge in [0.15, 0.2) is 11.6 Å². The second-order valence-electron chi connectivity index (χ2n) is 18.3. The average Bonchev–Trinajstić information content (AvgIpc) is 3.95. The summed E-state index contributed by atoms with van der Waals surface area (Å²) in [5, 5.41) is 46.1. The molecule has 3 aliphatic rings. The van der Waals surface area contributed by atoms with Gasteiger partial charge in [-0.15, -0.1) is 21.5 Å². The Morgan fingerprint density at radius 3 is 2.17 bits per heavy atom. The highest BCUT2D eigenvalue weighted by Crippen LogP contribution is 2.41. The van der Waals surface area contributed by atoms with E-state index in [9.17, 15) is 28.2 Å². The molecule has 15 nitrogen and oxygen atoms in total. The van der Waals surface area contributed by atoms with Crippen LogP contribution in [-0.4, -0.2) is 130 Å². The third-order valence-corrected chi connectivity index (χ3v) is 14.7. The molecule has 0 unspecified atom stereocenters. The number of hydrogen-bond donors (Lipinski definition) is 4. The van der Waals surface area contributed by atoms with Crippen LogP contribution in [0.15, 0.2) is 70.5 Å². The molecule has 4 N–H and O–H groups in total. The lowest BCUT2D eigenvalue weighted by Crippen LogP contribution is -2.48. The molecule has 0 amide bonds. The van der Waals surface area contributed by atoms with E-state index in [2.05, 4.69) is 72.7 Å². The highest BCUT2D eigenvalue weighted by Gasteiger charge is 2.38. The van der Waals surface area contributed by atoms with Crippen LogP contribution in [0.1, 0.15) is 89.4 Å². The Morgan fingerprint density at radius 2 is 1.54 bits per heavy atom. The van der Waals surface area contributed by atoms with Gasteiger partial charge in [0, 0.05) is 72.9 Å². The second kappa shape index (κ2) is 20.6. The molecule has 9 rings (SSSR count). The molecule has 0 spiro atoms. The number of rotatable bonds is 11. The molecule has 3 aromatic heterocycles. The number of H-pyrrole nitrogens is 1. The van der Waals surface area contributed by atoms with Crippen molar-refractivity contribution in [3.8, 4) is 33.6 Å². The summed E-state index contributed by atoms with van der Waals surface area (Å²) >= 11 is 8.11. The van der Waals surface area contributed by atoms with E-state index in [1.165, 1.54) is 45.0 Å². The summed E-state index contributed by atoms with van der Waals surface area (Å²) in [6.07, 6.45) is -1.80. The largest absolute Gasteiger partial charge is 0.508 e. The first-order valence-corrected chi connectivity index (χ1v) is 24.2. The Bertz CT molecular complexity index is 2880. The van der Waals surface area contributed by atoms with Crippen LogP contribution in [0.25, 0.3) is 22.1 Å². The number of aromatic hydroxyl groups is 2. The summed E-state index contributed by atoms with van der Waals surface area (Å²) < 4.78 is 35.4. The van der Waals surface area contributed by atoms with Gasteiger partial charge in [-0.2, -0.15) is 18.3 Å². The van der Waals surface area contributed by atoms with Crippen LogP contribution in [0.5, 0.6) is 11.5 Å². The predicted octanol–water partition coefficient (Wildman–Crippen LogP) is 8.43. The summed E-state index contributed by atoms with van der Waals surface area (Å²) in [6.45, 7) is 19.6. The Kier molecular flexibility index (Phi) is 14.8. The van der Waals surface area contributed by atoms with Gasteiger partial charge in [0.2, 0.25) is 0 Å². The Hall–Kier alpha value is -5.86. The minimum Gasteiger partial charge on any atom is -0.508 e. The van der Waals surface area contributed by atoms with Gasteiger partial charge in [-0.25, -0.2) is 19.3 Å². The molecule has 0 radical (unpaired) electrons. The number of piperazine rings is 1. The number of aliphatic imine (C=N–C) groups is 1. The maximum atomic E-state index is 12.9. The minimum atomic E-state index is -5.08. The van der Waals surface area contributed by atoms with Crippen LogP contribution in [0.3, 0.4) is 0 Å². The zero-order valence-corrected chi connectivity index (χ0v) is 40.7. The number of nitrogens with one attached hydrogen (secondary N) is 1. The van der Waals surface area contributed by atoms with E-state index >= 15 is 0 Å². The molecular formula is C49H56ClF3N10O5S. The van der Waals surface area contributed by atoms with E-state index in [-0.39, 0.29) is 23.5 Å². The SMILES string of the molecule is Cc1sc2c(c1C)C(c1ccc(Cl)cc1)=N[C@@H](CCN1CCC(CN3CCN(Cc4ccc(-n5c(-c6cc(C(C)C)c(O)cc6O)n[nH]c5=O)cc4)CC3)CC1)c1nnc(C)n1-2.O=C(O)C(F)(F)F. The van der Waals surface area contributed by atoms with Gasteiger partial charge in [0.1, 0.15) is 28.4 Å². The number of alkyl halides is 3. The quantitative estimate of drug-likeness (QED) is 0.0979. The molecule has 366 valence electrons. The van der Waals surface area contributed by atoms with E-state index < -0.39 is 17.8 Å². The average molecular weight is 990 g/mol. The molecule has 0 saturated carbocycles. The number of aromatic nitrogens is 6. The Labute approximate surface area is 406 Å². The van der Waals surface area contributed by atoms with Crippen molar-refractivity contribution in [2.24, 2.45) is 10.9 Å². The molecule has 2 fully saturated rings. The van der Waals surface area contributed by atoms with Crippen LogP contribution < -0.4 is 5.69 Å². The van der Waals surface area contributed by atoms with Crippen molar-refractivity contribution in [2.45, 2.75) is 78.6 Å². The number of carboxylic acid groups (broad SMARTS) is 1. The van der Waals surface area contributed by atoms with Gasteiger partial charge < -0.3 is 25.1 Å². The third-order valence-electron chi connectivity index (χ3n) is 13.3. The molecule has 69 heavy (non-hydrogen) atoms. The van der Waals surface area contributed by atoms with Crippen LogP contribution in [0, 0.1) is 26.7 Å². The zero-order valence-electron chi connectivity index (χ0n) is 39.1. The lowest BCUT2D eigenvalue weighted by Gasteiger charge is -2.39. The molecule has 2 saturated heterocycles. The molecule has 3 aromatic carbocycles. The van der Waals surface area contributed by atoms with Crippen LogP contribution in [-0.2, 0) is 11.3 Å². The van der Waals surface area contributed by atoms with Crippen molar-refractivity contribution in [3.63, 3.8) is 0 Å². The normalized spacial score (nSPS) is 17.2. The maximum absolute atomic E-state index is 12.9. The first kappa shape index (κ1) is 49.6. The monoisotopic (exact) mass is 988 g/mol. The van der Waals surface area contributed by atoms with E-state index in [1.807, 2.05) is 45.0 Å². The van der Waals surface area contributed by atoms with Gasteiger partial charge in [0.05, 0.1) is 17.0 Å². The number of aryl methyl sites for hydroxylation is 2. The third kappa shape index (κ3) is 11.0. The van der Waals surface area contributed by atoms with E-state index in [0.29, 0.717) is 28.6 Å². The Morgan fingerprint density at radius 1 is 0.884 bits per heavy atom. The fraction of sp³-hybridized carbons (Fsp3) is 0.429. The van der Waals surface area contributed by atoms with Crippen LogP contribution >= 0.6 is 22.9 Å². The number of thiophene rings is 1. The minimum absolute atomic E-state index is 0.0148. The second-order valence-corrected chi connectivity index (χ2v) is 19.9. The number of nitrogens with zero attached hydrogens (tertiary/aromatic N) is 9. The van der Waals surface area contributed by atoms with Gasteiger partial charge in [-0.1, -0.05) is 49.7 Å². The Balaban J connectivity index is 0.000000853. The topological polar surface area (TPSA) is 181 Å². The number of phenolic OH excluding ortho intramolecular Hbond substituents is 2. The number of aromatic amines is 1. The lowest BCUT2D eigenvalue weighted by atomic mass is 9.95. The molecule has 6 aromatic rings. The number of piperidine rings is 1. The summed E-state index contributed by atoms with van der Waals surface area (Å²) in [7, 11) is 0. The number of benzene rings is 3. The van der Waals surface area contributed by atoms with Gasteiger partial charge >= 0.3 is 17.8 Å². The number of carbonyl (C=O) groups is 1. The molecule has 0 bridgehead atoms. The van der Waals surface area contributed by atoms with E-state index in [4.69, 9.17) is 31.6 Å². The molecule has 6 heterocycles. The highest BCUT2D eigenvalue weighted by atomic mass is 35.5. The number of carboxylic acids is 1. The van der Waals surface area contributed by atoms with E-state index in [1.54, 1.807) is 17.4 Å². The summed E-state index contributed by atoms with van der Waals surface area (Å²) in [5.41, 5.74) is 7.00. The molecular weight excluding hydrogens is 933 g/mol. The first-order chi connectivity index (χ1) is 32.9. The molecule has 1 atom stereocenters. The first-order valence-electron chi connectivity index (χ1n) is 23.0. The van der Waals surface area contributed by atoms with Gasteiger partial charge in [0.25, 0.3) is 0 Å². The van der Waals surface area contributed by atoms with Gasteiger partial charge in [-0.05, 0) is 112 Å². The van der Waals surface area contributed by atoms with Crippen molar-refractivity contribution < 1.29 is 33.3 Å². The fourth-order valence-corrected chi connectivity index (χ4v) is 10.7. The number of phenols is 2. The number of halogens is 4. The number of aliphatic carboxylic acids is 1. The van der Waals surface area contributed by atoms with Crippen LogP contribution in [0.2, 0.25) is 5.02 Å². The van der Waals surface area contributed by atoms with Crippen molar-refractivity contribution >= 4 is 34.6 Å².